The van der Waals surface area contributed by atoms with Gasteiger partial charge in [-0.15, -0.1) is 0 Å². The summed E-state index contributed by atoms with van der Waals surface area (Å²) in [5.74, 6) is 0.280. The zero-order valence-electron chi connectivity index (χ0n) is 10.8. The Hall–Kier alpha value is -1.74. The fraction of sp³-hybridized carbons (Fsp3) is 0.200. The molecule has 0 radical (unpaired) electrons. The number of hydrogen-bond donors (Lipinski definition) is 1. The second-order valence-electron chi connectivity index (χ2n) is 4.52. The number of ether oxygens (including phenoxy) is 1. The Balaban J connectivity index is 2.21. The van der Waals surface area contributed by atoms with Crippen LogP contribution in [0.15, 0.2) is 30.3 Å². The first-order valence-electron chi connectivity index (χ1n) is 5.91. The van der Waals surface area contributed by atoms with E-state index < -0.39 is 0 Å². The van der Waals surface area contributed by atoms with Crippen LogP contribution in [0.2, 0.25) is 5.02 Å². The highest BCUT2D eigenvalue weighted by Crippen LogP contribution is 2.29. The molecule has 0 fully saturated rings. The van der Waals surface area contributed by atoms with Crippen LogP contribution >= 0.6 is 11.6 Å². The Morgan fingerprint density at radius 1 is 1.21 bits per heavy atom. The molecule has 0 aliphatic rings. The second-order valence-corrected chi connectivity index (χ2v) is 4.93. The number of aryl methyl sites for hydroxylation is 2. The molecule has 0 atom stereocenters. The lowest BCUT2D eigenvalue weighted by Gasteiger charge is -2.13. The maximum Gasteiger partial charge on any atom is 0.145 e. The Morgan fingerprint density at radius 3 is 2.63 bits per heavy atom. The van der Waals surface area contributed by atoms with Gasteiger partial charge in [0.1, 0.15) is 18.2 Å². The van der Waals surface area contributed by atoms with Crippen LogP contribution in [0, 0.1) is 19.7 Å². The highest BCUT2D eigenvalue weighted by atomic mass is 35.5. The lowest BCUT2D eigenvalue weighted by atomic mass is 10.1. The van der Waals surface area contributed by atoms with Crippen molar-refractivity contribution < 1.29 is 9.13 Å². The van der Waals surface area contributed by atoms with Crippen molar-refractivity contribution in [3.8, 4) is 5.75 Å². The SMILES string of the molecule is Cc1cc(C)c(OCc2cc(F)ccc2Cl)c(N)c1. The van der Waals surface area contributed by atoms with Crippen molar-refractivity contribution in [3.63, 3.8) is 0 Å². The molecule has 2 rings (SSSR count). The number of hydrogen-bond acceptors (Lipinski definition) is 2. The molecule has 4 heteroatoms. The molecule has 0 aromatic heterocycles. The molecule has 2 aromatic carbocycles. The Kier molecular flexibility index (Phi) is 3.96. The van der Waals surface area contributed by atoms with Crippen LogP contribution in [0.1, 0.15) is 16.7 Å². The molecule has 2 aromatic rings. The number of nitrogen functional groups attached to an aromatic ring is 1. The summed E-state index contributed by atoms with van der Waals surface area (Å²) in [6.07, 6.45) is 0. The lowest BCUT2D eigenvalue weighted by molar-refractivity contribution is 0.305. The summed E-state index contributed by atoms with van der Waals surface area (Å²) in [5.41, 5.74) is 9.12. The van der Waals surface area contributed by atoms with Crippen molar-refractivity contribution in [2.75, 3.05) is 5.73 Å². The molecular formula is C15H15ClFNO. The maximum atomic E-state index is 13.1. The average Bonchev–Trinajstić information content (AvgIpc) is 2.32. The van der Waals surface area contributed by atoms with Crippen molar-refractivity contribution in [2.45, 2.75) is 20.5 Å². The van der Waals surface area contributed by atoms with Crippen LogP contribution < -0.4 is 10.5 Å². The van der Waals surface area contributed by atoms with E-state index in [0.717, 1.165) is 11.1 Å². The molecule has 0 saturated heterocycles. The fourth-order valence-electron chi connectivity index (χ4n) is 1.99. The van der Waals surface area contributed by atoms with Gasteiger partial charge in [-0.2, -0.15) is 0 Å². The van der Waals surface area contributed by atoms with Gasteiger partial charge in [0.2, 0.25) is 0 Å². The number of nitrogens with two attached hydrogens (primary N) is 1. The summed E-state index contributed by atoms with van der Waals surface area (Å²) in [6.45, 7) is 4.08. The van der Waals surface area contributed by atoms with E-state index in [0.29, 0.717) is 22.0 Å². The van der Waals surface area contributed by atoms with Crippen molar-refractivity contribution in [3.05, 3.63) is 57.9 Å². The normalized spacial score (nSPS) is 10.5. The standard InChI is InChI=1S/C15H15ClFNO/c1-9-5-10(2)15(14(18)6-9)19-8-11-7-12(17)3-4-13(11)16/h3-7H,8,18H2,1-2H3. The molecule has 2 nitrogen and oxygen atoms in total. The predicted molar refractivity (Wildman–Crippen MR) is 76.1 cm³/mol. The quantitative estimate of drug-likeness (QED) is 0.852. The minimum absolute atomic E-state index is 0.185. The largest absolute Gasteiger partial charge is 0.486 e. The van der Waals surface area contributed by atoms with Gasteiger partial charge in [0.25, 0.3) is 0 Å². The van der Waals surface area contributed by atoms with Gasteiger partial charge in [0.15, 0.2) is 0 Å². The van der Waals surface area contributed by atoms with Gasteiger partial charge in [-0.05, 0) is 49.2 Å². The first-order chi connectivity index (χ1) is 8.97. The van der Waals surface area contributed by atoms with E-state index in [9.17, 15) is 4.39 Å². The van der Waals surface area contributed by atoms with Gasteiger partial charge in [0, 0.05) is 10.6 Å². The van der Waals surface area contributed by atoms with E-state index in [1.807, 2.05) is 26.0 Å². The summed E-state index contributed by atoms with van der Waals surface area (Å²) < 4.78 is 18.8. The monoisotopic (exact) mass is 279 g/mol. The summed E-state index contributed by atoms with van der Waals surface area (Å²) in [4.78, 5) is 0. The van der Waals surface area contributed by atoms with E-state index in [1.165, 1.54) is 18.2 Å². The fourth-order valence-corrected chi connectivity index (χ4v) is 2.16. The topological polar surface area (TPSA) is 35.2 Å². The molecule has 0 spiro atoms. The van der Waals surface area contributed by atoms with Gasteiger partial charge >= 0.3 is 0 Å². The third kappa shape index (κ3) is 3.18. The van der Waals surface area contributed by atoms with Crippen molar-refractivity contribution >= 4 is 17.3 Å². The van der Waals surface area contributed by atoms with Gasteiger partial charge in [-0.1, -0.05) is 17.7 Å². The van der Waals surface area contributed by atoms with E-state index in [-0.39, 0.29) is 12.4 Å². The summed E-state index contributed by atoms with van der Waals surface area (Å²) in [7, 11) is 0. The number of rotatable bonds is 3. The van der Waals surface area contributed by atoms with Crippen LogP contribution in [0.4, 0.5) is 10.1 Å². The first-order valence-corrected chi connectivity index (χ1v) is 6.28. The van der Waals surface area contributed by atoms with Gasteiger partial charge in [0.05, 0.1) is 5.69 Å². The molecule has 0 aliphatic heterocycles. The average molecular weight is 280 g/mol. The molecule has 100 valence electrons. The van der Waals surface area contributed by atoms with Crippen LogP contribution in [0.5, 0.6) is 5.75 Å². The lowest BCUT2D eigenvalue weighted by Crippen LogP contribution is -2.02. The van der Waals surface area contributed by atoms with Crippen LogP contribution in [0.25, 0.3) is 0 Å². The van der Waals surface area contributed by atoms with E-state index in [2.05, 4.69) is 0 Å². The first kappa shape index (κ1) is 13.7. The second kappa shape index (κ2) is 5.49. The highest BCUT2D eigenvalue weighted by Gasteiger charge is 2.08. The summed E-state index contributed by atoms with van der Waals surface area (Å²) >= 11 is 5.99. The zero-order valence-corrected chi connectivity index (χ0v) is 11.6. The smallest absolute Gasteiger partial charge is 0.145 e. The molecule has 0 aliphatic carbocycles. The van der Waals surface area contributed by atoms with E-state index >= 15 is 0 Å². The highest BCUT2D eigenvalue weighted by molar-refractivity contribution is 6.31. The number of benzene rings is 2. The van der Waals surface area contributed by atoms with Crippen LogP contribution in [0.3, 0.4) is 0 Å². The molecule has 0 unspecified atom stereocenters. The molecule has 0 saturated carbocycles. The summed E-state index contributed by atoms with van der Waals surface area (Å²) in [6, 6.07) is 8.02. The minimum atomic E-state index is -0.336. The van der Waals surface area contributed by atoms with Gasteiger partial charge in [-0.3, -0.25) is 0 Å². The molecular weight excluding hydrogens is 265 g/mol. The van der Waals surface area contributed by atoms with Gasteiger partial charge in [-0.25, -0.2) is 4.39 Å². The third-order valence-electron chi connectivity index (χ3n) is 2.83. The Labute approximate surface area is 117 Å². The van der Waals surface area contributed by atoms with Crippen molar-refractivity contribution in [1.82, 2.24) is 0 Å². The number of halogens is 2. The molecule has 0 amide bonds. The Bertz CT molecular complexity index is 590. The minimum Gasteiger partial charge on any atom is -0.486 e. The van der Waals surface area contributed by atoms with Gasteiger partial charge < -0.3 is 10.5 Å². The Morgan fingerprint density at radius 2 is 1.95 bits per heavy atom. The molecule has 0 bridgehead atoms. The van der Waals surface area contributed by atoms with E-state index in [1.54, 1.807) is 0 Å². The maximum absolute atomic E-state index is 13.1. The summed E-state index contributed by atoms with van der Waals surface area (Å²) in [5, 5.41) is 0.477. The van der Waals surface area contributed by atoms with E-state index in [4.69, 9.17) is 22.1 Å². The van der Waals surface area contributed by atoms with Crippen molar-refractivity contribution in [2.24, 2.45) is 0 Å². The molecule has 2 N–H and O–H groups in total. The van der Waals surface area contributed by atoms with Crippen LogP contribution in [-0.4, -0.2) is 0 Å². The number of anilines is 1. The van der Waals surface area contributed by atoms with Crippen LogP contribution in [-0.2, 0) is 6.61 Å². The molecule has 0 heterocycles. The van der Waals surface area contributed by atoms with Crippen molar-refractivity contribution in [1.29, 1.82) is 0 Å². The molecule has 19 heavy (non-hydrogen) atoms. The third-order valence-corrected chi connectivity index (χ3v) is 3.20. The predicted octanol–water partition coefficient (Wildman–Crippen LogP) is 4.26. The zero-order chi connectivity index (χ0) is 14.0.